The second kappa shape index (κ2) is 9.90. The first-order chi connectivity index (χ1) is 17.4. The summed E-state index contributed by atoms with van der Waals surface area (Å²) in [6, 6.07) is 12.6. The summed E-state index contributed by atoms with van der Waals surface area (Å²) in [5.74, 6) is 1.67. The summed E-state index contributed by atoms with van der Waals surface area (Å²) in [5, 5.41) is 23.9. The van der Waals surface area contributed by atoms with Crippen LogP contribution in [0.25, 0.3) is 16.7 Å². The van der Waals surface area contributed by atoms with Gasteiger partial charge in [-0.15, -0.1) is 0 Å². The van der Waals surface area contributed by atoms with Crippen molar-refractivity contribution in [2.75, 3.05) is 18.4 Å². The topological polar surface area (TPSA) is 107 Å². The summed E-state index contributed by atoms with van der Waals surface area (Å²) in [7, 11) is 0. The second-order valence-electron chi connectivity index (χ2n) is 10.6. The van der Waals surface area contributed by atoms with Crippen LogP contribution in [-0.4, -0.2) is 55.7 Å². The highest BCUT2D eigenvalue weighted by atomic mass is 16.3. The molecular weight excluding hydrogens is 452 g/mol. The van der Waals surface area contributed by atoms with E-state index in [2.05, 4.69) is 16.4 Å². The average molecular weight is 487 g/mol. The molecule has 0 bridgehead atoms. The lowest BCUT2D eigenvalue weighted by molar-refractivity contribution is -0.138. The van der Waals surface area contributed by atoms with Crippen molar-refractivity contribution in [1.82, 2.24) is 19.4 Å². The third kappa shape index (κ3) is 4.80. The third-order valence-electron chi connectivity index (χ3n) is 7.76. The summed E-state index contributed by atoms with van der Waals surface area (Å²) in [6.07, 6.45) is 8.38. The maximum absolute atomic E-state index is 12.9. The number of aliphatic hydroxyl groups is 1. The minimum atomic E-state index is -0.584. The van der Waals surface area contributed by atoms with E-state index in [0.29, 0.717) is 31.9 Å². The molecule has 0 atom stereocenters. The number of anilines is 1. The molecule has 1 saturated heterocycles. The molecule has 0 unspecified atom stereocenters. The number of nitrogens with one attached hydrogen (secondary N) is 1. The van der Waals surface area contributed by atoms with E-state index in [4.69, 9.17) is 4.98 Å². The first kappa shape index (κ1) is 24.3. The fourth-order valence-electron chi connectivity index (χ4n) is 5.54. The van der Waals surface area contributed by atoms with Crippen molar-refractivity contribution in [2.24, 2.45) is 5.92 Å². The molecule has 0 spiro atoms. The van der Waals surface area contributed by atoms with Crippen LogP contribution in [0.5, 0.6) is 0 Å². The number of amides is 1. The highest BCUT2D eigenvalue weighted by Gasteiger charge is 2.31. The minimum Gasteiger partial charge on any atom is -0.393 e. The fraction of sp³-hybridized carbons (Fsp3) is 0.500. The lowest BCUT2D eigenvalue weighted by atomic mass is 9.84. The Morgan fingerprint density at radius 3 is 2.58 bits per heavy atom. The number of aromatic nitrogens is 3. The number of fused-ring (bicyclic) bond motifs is 1. The number of rotatable bonds is 5. The van der Waals surface area contributed by atoms with E-state index < -0.39 is 5.41 Å². The van der Waals surface area contributed by atoms with Crippen molar-refractivity contribution in [3.8, 4) is 11.9 Å². The van der Waals surface area contributed by atoms with Gasteiger partial charge in [-0.1, -0.05) is 12.1 Å². The Balaban J connectivity index is 1.26. The van der Waals surface area contributed by atoms with Crippen LogP contribution in [0.15, 0.2) is 42.7 Å². The van der Waals surface area contributed by atoms with Gasteiger partial charge >= 0.3 is 0 Å². The Kier molecular flexibility index (Phi) is 6.67. The van der Waals surface area contributed by atoms with Gasteiger partial charge in [0.1, 0.15) is 5.82 Å². The van der Waals surface area contributed by atoms with E-state index in [0.717, 1.165) is 48.0 Å². The molecule has 3 aromatic rings. The SMILES string of the molecule is CC(C)(C#N)c1cccc2c1ccn2-c1ccnc(NC2CCC(C(=O)N3CCC(O)CC3)CC2)n1. The zero-order valence-electron chi connectivity index (χ0n) is 21.0. The summed E-state index contributed by atoms with van der Waals surface area (Å²) in [5.41, 5.74) is 1.42. The minimum absolute atomic E-state index is 0.0728. The fourth-order valence-corrected chi connectivity index (χ4v) is 5.54. The molecule has 1 aliphatic heterocycles. The number of hydrogen-bond acceptors (Lipinski definition) is 6. The number of carbonyl (C=O) groups excluding carboxylic acids is 1. The highest BCUT2D eigenvalue weighted by molar-refractivity contribution is 5.86. The molecule has 1 saturated carbocycles. The van der Waals surface area contributed by atoms with Crippen LogP contribution < -0.4 is 5.32 Å². The van der Waals surface area contributed by atoms with Crippen molar-refractivity contribution < 1.29 is 9.90 Å². The first-order valence-electron chi connectivity index (χ1n) is 12.9. The van der Waals surface area contributed by atoms with Gasteiger partial charge in [0.05, 0.1) is 23.1 Å². The zero-order chi connectivity index (χ0) is 25.3. The van der Waals surface area contributed by atoms with Crippen LogP contribution >= 0.6 is 0 Å². The lowest BCUT2D eigenvalue weighted by Crippen LogP contribution is -2.44. The smallest absolute Gasteiger partial charge is 0.225 e. The number of likely N-dealkylation sites (tertiary alicyclic amines) is 1. The Hall–Kier alpha value is -3.44. The maximum Gasteiger partial charge on any atom is 0.225 e. The predicted molar refractivity (Wildman–Crippen MR) is 139 cm³/mol. The molecule has 2 aromatic heterocycles. The van der Waals surface area contributed by atoms with Gasteiger partial charge in [0, 0.05) is 42.8 Å². The monoisotopic (exact) mass is 486 g/mol. The van der Waals surface area contributed by atoms with E-state index in [-0.39, 0.29) is 24.0 Å². The molecule has 0 radical (unpaired) electrons. The maximum atomic E-state index is 12.9. The summed E-state index contributed by atoms with van der Waals surface area (Å²) in [4.78, 5) is 24.1. The normalized spacial score (nSPS) is 21.3. The Labute approximate surface area is 212 Å². The molecule has 8 nitrogen and oxygen atoms in total. The molecule has 2 aliphatic rings. The number of hydrogen-bond donors (Lipinski definition) is 2. The standard InChI is InChI=1S/C28H34N6O2/c1-28(2,18-29)23-4-3-5-24-22(23)13-17-34(24)25-10-14-30-27(32-25)31-20-8-6-19(7-9-20)26(36)33-15-11-21(35)12-16-33/h3-5,10,13-14,17,19-21,35H,6-9,11-12,15-16H2,1-2H3,(H,30,31,32). The van der Waals surface area contributed by atoms with E-state index >= 15 is 0 Å². The van der Waals surface area contributed by atoms with Crippen molar-refractivity contribution in [1.29, 1.82) is 5.26 Å². The van der Waals surface area contributed by atoms with Gasteiger partial charge in [-0.25, -0.2) is 4.98 Å². The third-order valence-corrected chi connectivity index (χ3v) is 7.76. The number of carbonyl (C=O) groups is 1. The Bertz CT molecular complexity index is 1280. The molecule has 2 fully saturated rings. The summed E-state index contributed by atoms with van der Waals surface area (Å²) < 4.78 is 2.03. The molecule has 1 aliphatic carbocycles. The van der Waals surface area contributed by atoms with Crippen molar-refractivity contribution in [3.05, 3.63) is 48.3 Å². The molecule has 1 amide bonds. The number of piperidine rings is 1. The van der Waals surface area contributed by atoms with E-state index in [1.54, 1.807) is 6.20 Å². The number of nitriles is 1. The molecule has 188 valence electrons. The van der Waals surface area contributed by atoms with Gasteiger partial charge in [0.15, 0.2) is 0 Å². The van der Waals surface area contributed by atoms with Crippen LogP contribution in [0.3, 0.4) is 0 Å². The second-order valence-corrected chi connectivity index (χ2v) is 10.6. The van der Waals surface area contributed by atoms with Crippen molar-refractivity contribution >= 4 is 22.8 Å². The molecule has 2 N–H and O–H groups in total. The number of nitrogens with zero attached hydrogens (tertiary/aromatic N) is 5. The largest absolute Gasteiger partial charge is 0.393 e. The van der Waals surface area contributed by atoms with Crippen LogP contribution in [0.4, 0.5) is 5.95 Å². The molecule has 8 heteroatoms. The van der Waals surface area contributed by atoms with Crippen LogP contribution in [0, 0.1) is 17.2 Å². The molecule has 36 heavy (non-hydrogen) atoms. The highest BCUT2D eigenvalue weighted by Crippen LogP contribution is 2.32. The van der Waals surface area contributed by atoms with Crippen LogP contribution in [-0.2, 0) is 10.2 Å². The van der Waals surface area contributed by atoms with Gasteiger partial charge < -0.3 is 19.9 Å². The van der Waals surface area contributed by atoms with Gasteiger partial charge in [0.25, 0.3) is 0 Å². The molecular formula is C28H34N6O2. The first-order valence-corrected chi connectivity index (χ1v) is 12.9. The predicted octanol–water partition coefficient (Wildman–Crippen LogP) is 4.18. The molecule has 3 heterocycles. The lowest BCUT2D eigenvalue weighted by Gasteiger charge is -2.35. The van der Waals surface area contributed by atoms with Gasteiger partial charge in [0.2, 0.25) is 11.9 Å². The van der Waals surface area contributed by atoms with Gasteiger partial charge in [-0.05, 0) is 76.1 Å². The molecule has 1 aromatic carbocycles. The van der Waals surface area contributed by atoms with E-state index in [1.807, 2.05) is 59.8 Å². The van der Waals surface area contributed by atoms with Crippen molar-refractivity contribution in [3.63, 3.8) is 0 Å². The zero-order valence-corrected chi connectivity index (χ0v) is 21.0. The van der Waals surface area contributed by atoms with Crippen LogP contribution in [0.1, 0.15) is 57.9 Å². The summed E-state index contributed by atoms with van der Waals surface area (Å²) >= 11 is 0. The quantitative estimate of drug-likeness (QED) is 0.560. The Morgan fingerprint density at radius 1 is 1.11 bits per heavy atom. The van der Waals surface area contributed by atoms with Gasteiger partial charge in [-0.3, -0.25) is 4.79 Å². The Morgan fingerprint density at radius 2 is 1.86 bits per heavy atom. The number of benzene rings is 1. The van der Waals surface area contributed by atoms with E-state index in [9.17, 15) is 15.2 Å². The average Bonchev–Trinajstić information content (AvgIpc) is 3.34. The van der Waals surface area contributed by atoms with Crippen molar-refractivity contribution in [2.45, 2.75) is 69.9 Å². The van der Waals surface area contributed by atoms with Gasteiger partial charge in [-0.2, -0.15) is 10.2 Å². The van der Waals surface area contributed by atoms with Crippen LogP contribution in [0.2, 0.25) is 0 Å². The van der Waals surface area contributed by atoms with E-state index in [1.165, 1.54) is 0 Å². The number of aliphatic hydroxyl groups excluding tert-OH is 1. The summed E-state index contributed by atoms with van der Waals surface area (Å²) in [6.45, 7) is 5.21. The molecule has 5 rings (SSSR count).